The highest BCUT2D eigenvalue weighted by Gasteiger charge is 2.11. The van der Waals surface area contributed by atoms with Gasteiger partial charge in [0.15, 0.2) is 11.5 Å². The topological polar surface area (TPSA) is 43.6 Å². The molecule has 0 fully saturated rings. The van der Waals surface area contributed by atoms with E-state index in [0.717, 1.165) is 16.9 Å². The van der Waals surface area contributed by atoms with Gasteiger partial charge in [0.25, 0.3) is 0 Å². The van der Waals surface area contributed by atoms with E-state index in [1.165, 1.54) is 0 Å². The maximum atomic E-state index is 6.19. The van der Waals surface area contributed by atoms with E-state index in [4.69, 9.17) is 37.7 Å². The highest BCUT2D eigenvalue weighted by molar-refractivity contribution is 7.80. The molecule has 0 bridgehead atoms. The number of ether oxygens (including phenoxy) is 2. The average Bonchev–Trinajstić information content (AvgIpc) is 3.20. The molecule has 4 nitrogen and oxygen atoms in total. The first-order valence-electron chi connectivity index (χ1n) is 8.61. The molecule has 0 aliphatic rings. The highest BCUT2D eigenvalue weighted by Crippen LogP contribution is 2.30. The van der Waals surface area contributed by atoms with E-state index in [1.54, 1.807) is 6.26 Å². The van der Waals surface area contributed by atoms with Gasteiger partial charge in [-0.25, -0.2) is 0 Å². The molecule has 0 atom stereocenters. The first kappa shape index (κ1) is 19.3. The Bertz CT molecular complexity index is 896. The van der Waals surface area contributed by atoms with Crippen LogP contribution in [0.4, 0.5) is 0 Å². The third-order valence-electron chi connectivity index (χ3n) is 3.85. The second-order valence-corrected chi connectivity index (χ2v) is 6.55. The van der Waals surface area contributed by atoms with Gasteiger partial charge in [0.1, 0.15) is 17.4 Å². The van der Waals surface area contributed by atoms with Gasteiger partial charge < -0.3 is 19.2 Å². The number of rotatable bonds is 8. The fourth-order valence-corrected chi connectivity index (χ4v) is 2.88. The SMILES string of the molecule is CCOc1cc(C(=S)NCc2ccco2)ccc1OCc1ccccc1Cl. The Kier molecular flexibility index (Phi) is 6.74. The van der Waals surface area contributed by atoms with Gasteiger partial charge in [-0.05, 0) is 43.3 Å². The van der Waals surface area contributed by atoms with E-state index in [0.29, 0.717) is 41.3 Å². The van der Waals surface area contributed by atoms with Gasteiger partial charge in [0, 0.05) is 16.1 Å². The molecule has 1 heterocycles. The molecular weight excluding hydrogens is 382 g/mol. The van der Waals surface area contributed by atoms with E-state index >= 15 is 0 Å². The lowest BCUT2D eigenvalue weighted by Crippen LogP contribution is -2.21. The molecule has 0 aliphatic heterocycles. The van der Waals surface area contributed by atoms with Crippen molar-refractivity contribution in [3.63, 3.8) is 0 Å². The molecule has 0 unspecified atom stereocenters. The van der Waals surface area contributed by atoms with Gasteiger partial charge in [0.05, 0.1) is 19.4 Å². The van der Waals surface area contributed by atoms with Crippen LogP contribution in [0.5, 0.6) is 11.5 Å². The monoisotopic (exact) mass is 401 g/mol. The molecule has 0 saturated heterocycles. The van der Waals surface area contributed by atoms with Gasteiger partial charge in [-0.3, -0.25) is 0 Å². The molecule has 0 radical (unpaired) electrons. The van der Waals surface area contributed by atoms with Crippen LogP contribution in [0.25, 0.3) is 0 Å². The van der Waals surface area contributed by atoms with Crippen molar-refractivity contribution in [1.29, 1.82) is 0 Å². The summed E-state index contributed by atoms with van der Waals surface area (Å²) in [5, 5.41) is 3.86. The zero-order chi connectivity index (χ0) is 19.1. The second-order valence-electron chi connectivity index (χ2n) is 5.74. The van der Waals surface area contributed by atoms with E-state index in [1.807, 2.05) is 61.5 Å². The van der Waals surface area contributed by atoms with Crippen molar-refractivity contribution in [2.24, 2.45) is 0 Å². The van der Waals surface area contributed by atoms with Crippen molar-refractivity contribution < 1.29 is 13.9 Å². The molecule has 140 valence electrons. The first-order valence-corrected chi connectivity index (χ1v) is 9.39. The molecule has 1 aromatic heterocycles. The zero-order valence-electron chi connectivity index (χ0n) is 14.9. The molecule has 3 rings (SSSR count). The number of furan rings is 1. The average molecular weight is 402 g/mol. The predicted octanol–water partition coefficient (Wildman–Crippen LogP) is 5.38. The molecule has 6 heteroatoms. The molecule has 0 amide bonds. The Morgan fingerprint density at radius 1 is 1.07 bits per heavy atom. The molecule has 1 N–H and O–H groups in total. The number of hydrogen-bond acceptors (Lipinski definition) is 4. The minimum atomic E-state index is 0.361. The number of thiocarbonyl (C=S) groups is 1. The van der Waals surface area contributed by atoms with Crippen LogP contribution in [-0.4, -0.2) is 11.6 Å². The maximum absolute atomic E-state index is 6.19. The molecule has 3 aromatic rings. The Hall–Kier alpha value is -2.50. The Balaban J connectivity index is 1.69. The minimum Gasteiger partial charge on any atom is -0.490 e. The van der Waals surface area contributed by atoms with E-state index in [9.17, 15) is 0 Å². The van der Waals surface area contributed by atoms with Crippen LogP contribution in [0, 0.1) is 0 Å². The number of hydrogen-bond donors (Lipinski definition) is 1. The molecule has 2 aromatic carbocycles. The van der Waals surface area contributed by atoms with Gasteiger partial charge >= 0.3 is 0 Å². The summed E-state index contributed by atoms with van der Waals surface area (Å²) in [6.45, 7) is 3.34. The molecular formula is C21H20ClNO3S. The molecule has 0 aliphatic carbocycles. The van der Waals surface area contributed by atoms with Crippen LogP contribution < -0.4 is 14.8 Å². The molecule has 27 heavy (non-hydrogen) atoms. The fourth-order valence-electron chi connectivity index (χ4n) is 2.49. The van der Waals surface area contributed by atoms with Crippen molar-refractivity contribution in [3.8, 4) is 11.5 Å². The molecule has 0 spiro atoms. The minimum absolute atomic E-state index is 0.361. The van der Waals surface area contributed by atoms with Crippen molar-refractivity contribution in [2.75, 3.05) is 6.61 Å². The summed E-state index contributed by atoms with van der Waals surface area (Å²) in [5.41, 5.74) is 1.77. The van der Waals surface area contributed by atoms with Crippen LogP contribution >= 0.6 is 23.8 Å². The van der Waals surface area contributed by atoms with Crippen molar-refractivity contribution in [3.05, 3.63) is 82.8 Å². The Morgan fingerprint density at radius 3 is 2.67 bits per heavy atom. The largest absolute Gasteiger partial charge is 0.490 e. The lowest BCUT2D eigenvalue weighted by atomic mass is 10.2. The standard InChI is InChI=1S/C21H20ClNO3S/c1-2-24-20-12-15(21(27)23-13-17-7-5-11-25-17)9-10-19(20)26-14-16-6-3-4-8-18(16)22/h3-12H,2,13-14H2,1H3,(H,23,27). The molecule has 0 saturated carbocycles. The Morgan fingerprint density at radius 2 is 1.93 bits per heavy atom. The smallest absolute Gasteiger partial charge is 0.161 e. The summed E-state index contributed by atoms with van der Waals surface area (Å²) in [5.74, 6) is 2.11. The van der Waals surface area contributed by atoms with E-state index < -0.39 is 0 Å². The van der Waals surface area contributed by atoms with Crippen molar-refractivity contribution in [1.82, 2.24) is 5.32 Å². The van der Waals surface area contributed by atoms with Crippen LogP contribution in [0.15, 0.2) is 65.3 Å². The number of halogens is 1. The lowest BCUT2D eigenvalue weighted by Gasteiger charge is -2.15. The van der Waals surface area contributed by atoms with Crippen LogP contribution in [0.2, 0.25) is 5.02 Å². The predicted molar refractivity (Wildman–Crippen MR) is 111 cm³/mol. The summed E-state index contributed by atoms with van der Waals surface area (Å²) >= 11 is 11.7. The number of nitrogens with one attached hydrogen (secondary N) is 1. The summed E-state index contributed by atoms with van der Waals surface area (Å²) in [6.07, 6.45) is 1.64. The van der Waals surface area contributed by atoms with Gasteiger partial charge in [-0.15, -0.1) is 0 Å². The van der Waals surface area contributed by atoms with Crippen molar-refractivity contribution >= 4 is 28.8 Å². The van der Waals surface area contributed by atoms with Crippen LogP contribution in [0.1, 0.15) is 23.8 Å². The Labute approximate surface area is 169 Å². The van der Waals surface area contributed by atoms with Crippen LogP contribution in [-0.2, 0) is 13.2 Å². The third kappa shape index (κ3) is 5.25. The second kappa shape index (κ2) is 9.44. The lowest BCUT2D eigenvalue weighted by molar-refractivity contribution is 0.269. The summed E-state index contributed by atoms with van der Waals surface area (Å²) in [4.78, 5) is 0.616. The third-order valence-corrected chi connectivity index (χ3v) is 4.60. The zero-order valence-corrected chi connectivity index (χ0v) is 16.5. The van der Waals surface area contributed by atoms with Crippen molar-refractivity contribution in [2.45, 2.75) is 20.1 Å². The van der Waals surface area contributed by atoms with Crippen LogP contribution in [0.3, 0.4) is 0 Å². The first-order chi connectivity index (χ1) is 13.2. The normalized spacial score (nSPS) is 10.4. The summed E-state index contributed by atoms with van der Waals surface area (Å²) in [6, 6.07) is 17.0. The number of benzene rings is 2. The highest BCUT2D eigenvalue weighted by atomic mass is 35.5. The van der Waals surface area contributed by atoms with Gasteiger partial charge in [0.2, 0.25) is 0 Å². The van der Waals surface area contributed by atoms with E-state index in [2.05, 4.69) is 5.32 Å². The van der Waals surface area contributed by atoms with E-state index in [-0.39, 0.29) is 0 Å². The quantitative estimate of drug-likeness (QED) is 0.513. The fraction of sp³-hybridized carbons (Fsp3) is 0.190. The maximum Gasteiger partial charge on any atom is 0.161 e. The van der Waals surface area contributed by atoms with Gasteiger partial charge in [-0.2, -0.15) is 0 Å². The summed E-state index contributed by atoms with van der Waals surface area (Å²) in [7, 11) is 0. The van der Waals surface area contributed by atoms with Gasteiger partial charge in [-0.1, -0.05) is 42.0 Å². The summed E-state index contributed by atoms with van der Waals surface area (Å²) < 4.78 is 17.0.